The van der Waals surface area contributed by atoms with Crippen LogP contribution < -0.4 is 5.32 Å². The van der Waals surface area contributed by atoms with Gasteiger partial charge in [-0.1, -0.05) is 12.0 Å². The van der Waals surface area contributed by atoms with E-state index in [1.165, 1.54) is 4.70 Å². The first-order valence-corrected chi connectivity index (χ1v) is 12.3. The van der Waals surface area contributed by atoms with Crippen LogP contribution in [-0.2, 0) is 20.1 Å². The standard InChI is InChI=1S/C23H22N2O3S2/c1-3-4-15-5-7-19-17(11-15)18-12-16(6-8-20(18)29-19)22(2)14-30(26,27)23(21(24)25-22)9-10-28-13-23/h5-8,11-12H,9-10,13-14H2,1-2H3,(H2,24,25)/t22-,23+/m0/s1. The van der Waals surface area contributed by atoms with Gasteiger partial charge in [-0.2, -0.15) is 0 Å². The number of sulfone groups is 1. The van der Waals surface area contributed by atoms with Crippen molar-refractivity contribution in [3.63, 3.8) is 0 Å². The lowest BCUT2D eigenvalue weighted by Gasteiger charge is -2.44. The molecule has 1 spiro atoms. The smallest absolute Gasteiger partial charge is 0.168 e. The molecule has 7 heteroatoms. The molecule has 3 aromatic rings. The fourth-order valence-electron chi connectivity index (χ4n) is 4.59. The first-order valence-electron chi connectivity index (χ1n) is 9.85. The molecule has 2 fully saturated rings. The Morgan fingerprint density at radius 1 is 1.17 bits per heavy atom. The molecule has 0 aliphatic carbocycles. The van der Waals surface area contributed by atoms with E-state index < -0.39 is 20.1 Å². The van der Waals surface area contributed by atoms with E-state index in [-0.39, 0.29) is 18.2 Å². The second-order valence-electron chi connectivity index (χ2n) is 8.29. The van der Waals surface area contributed by atoms with E-state index in [0.717, 1.165) is 26.6 Å². The number of nitrogens with one attached hydrogen (secondary N) is 2. The molecule has 1 aromatic heterocycles. The summed E-state index contributed by atoms with van der Waals surface area (Å²) < 4.78 is 33.0. The van der Waals surface area contributed by atoms with Gasteiger partial charge in [0.05, 0.1) is 17.9 Å². The maximum atomic E-state index is 13.3. The topological polar surface area (TPSA) is 79.2 Å². The van der Waals surface area contributed by atoms with Gasteiger partial charge in [0.1, 0.15) is 5.84 Å². The monoisotopic (exact) mass is 438 g/mol. The molecule has 2 aliphatic rings. The van der Waals surface area contributed by atoms with E-state index in [2.05, 4.69) is 35.4 Å². The van der Waals surface area contributed by atoms with Crippen molar-refractivity contribution in [3.8, 4) is 11.8 Å². The molecule has 5 nitrogen and oxygen atoms in total. The van der Waals surface area contributed by atoms with Gasteiger partial charge in [0, 0.05) is 32.3 Å². The maximum absolute atomic E-state index is 13.3. The Hall–Kier alpha value is -2.40. The van der Waals surface area contributed by atoms with Crippen LogP contribution in [0.15, 0.2) is 36.4 Å². The van der Waals surface area contributed by atoms with Crippen molar-refractivity contribution >= 4 is 47.2 Å². The minimum absolute atomic E-state index is 0.0459. The van der Waals surface area contributed by atoms with Crippen molar-refractivity contribution in [2.24, 2.45) is 0 Å². The maximum Gasteiger partial charge on any atom is 0.168 e. The third kappa shape index (κ3) is 2.71. The van der Waals surface area contributed by atoms with Crippen LogP contribution in [-0.4, -0.2) is 38.0 Å². The van der Waals surface area contributed by atoms with Gasteiger partial charge in [0.25, 0.3) is 0 Å². The van der Waals surface area contributed by atoms with Crippen LogP contribution in [0.4, 0.5) is 0 Å². The van der Waals surface area contributed by atoms with Crippen molar-refractivity contribution in [1.82, 2.24) is 5.32 Å². The average Bonchev–Trinajstić information content (AvgIpc) is 3.32. The van der Waals surface area contributed by atoms with Gasteiger partial charge >= 0.3 is 0 Å². The van der Waals surface area contributed by atoms with Gasteiger partial charge in [-0.25, -0.2) is 8.42 Å². The van der Waals surface area contributed by atoms with Crippen molar-refractivity contribution in [3.05, 3.63) is 47.5 Å². The minimum atomic E-state index is -3.55. The number of fused-ring (bicyclic) bond motifs is 3. The summed E-state index contributed by atoms with van der Waals surface area (Å²) in [6.45, 7) is 4.12. The van der Waals surface area contributed by atoms with Crippen LogP contribution in [0, 0.1) is 17.3 Å². The highest BCUT2D eigenvalue weighted by molar-refractivity contribution is 7.93. The zero-order valence-electron chi connectivity index (χ0n) is 16.8. The number of amidine groups is 1. The van der Waals surface area contributed by atoms with Crippen molar-refractivity contribution < 1.29 is 13.2 Å². The van der Waals surface area contributed by atoms with Crippen molar-refractivity contribution in [2.45, 2.75) is 30.6 Å². The molecule has 2 saturated heterocycles. The second kappa shape index (κ2) is 6.55. The summed E-state index contributed by atoms with van der Waals surface area (Å²) in [7, 11) is -3.55. The van der Waals surface area contributed by atoms with Crippen LogP contribution in [0.5, 0.6) is 0 Å². The molecule has 0 saturated carbocycles. The second-order valence-corrected chi connectivity index (χ2v) is 11.7. The molecule has 0 amide bonds. The molecule has 5 rings (SSSR count). The van der Waals surface area contributed by atoms with E-state index in [4.69, 9.17) is 10.1 Å². The summed E-state index contributed by atoms with van der Waals surface area (Å²) in [4.78, 5) is 0. The molecule has 3 heterocycles. The zero-order valence-corrected chi connectivity index (χ0v) is 18.5. The SMILES string of the molecule is CC#Cc1ccc2sc3ccc([C@]4(C)CS(=O)(=O)[C@@]5(CCOC5)C(=N)N4)cc3c2c1. The van der Waals surface area contributed by atoms with Crippen LogP contribution >= 0.6 is 11.3 Å². The van der Waals surface area contributed by atoms with Gasteiger partial charge in [-0.05, 0) is 56.2 Å². The quantitative estimate of drug-likeness (QED) is 0.567. The predicted molar refractivity (Wildman–Crippen MR) is 122 cm³/mol. The lowest BCUT2D eigenvalue weighted by Crippen LogP contribution is -2.66. The molecule has 0 unspecified atom stereocenters. The third-order valence-corrected chi connectivity index (χ3v) is 10.1. The van der Waals surface area contributed by atoms with E-state index in [1.54, 1.807) is 11.3 Å². The highest BCUT2D eigenvalue weighted by atomic mass is 32.2. The van der Waals surface area contributed by atoms with E-state index in [1.807, 2.05) is 32.0 Å². The molecule has 0 radical (unpaired) electrons. The van der Waals surface area contributed by atoms with Gasteiger partial charge in [-0.15, -0.1) is 17.3 Å². The lowest BCUT2D eigenvalue weighted by atomic mass is 9.90. The number of hydrogen-bond donors (Lipinski definition) is 2. The summed E-state index contributed by atoms with van der Waals surface area (Å²) in [5.41, 5.74) is 0.959. The molecule has 2 N–H and O–H groups in total. The number of ether oxygens (including phenoxy) is 1. The molecule has 2 aromatic carbocycles. The van der Waals surface area contributed by atoms with Crippen LogP contribution in [0.2, 0.25) is 0 Å². The molecule has 154 valence electrons. The van der Waals surface area contributed by atoms with Gasteiger partial charge in [0.2, 0.25) is 0 Å². The Morgan fingerprint density at radius 3 is 2.57 bits per heavy atom. The summed E-state index contributed by atoms with van der Waals surface area (Å²) in [6, 6.07) is 12.3. The first kappa shape index (κ1) is 19.6. The van der Waals surface area contributed by atoms with Gasteiger partial charge < -0.3 is 10.1 Å². The lowest BCUT2D eigenvalue weighted by molar-refractivity contribution is 0.193. The molecular formula is C23H22N2O3S2. The Morgan fingerprint density at radius 2 is 1.90 bits per heavy atom. The number of hydrogen-bond acceptors (Lipinski definition) is 5. The Bertz CT molecular complexity index is 1370. The largest absolute Gasteiger partial charge is 0.379 e. The van der Waals surface area contributed by atoms with Crippen molar-refractivity contribution in [2.75, 3.05) is 19.0 Å². The Labute approximate surface area is 179 Å². The summed E-state index contributed by atoms with van der Waals surface area (Å²) in [5, 5.41) is 14.0. The highest BCUT2D eigenvalue weighted by Crippen LogP contribution is 2.41. The minimum Gasteiger partial charge on any atom is -0.379 e. The Balaban J connectivity index is 1.63. The fourth-order valence-corrected chi connectivity index (χ4v) is 7.95. The number of benzene rings is 2. The zero-order chi connectivity index (χ0) is 21.1. The fraction of sp³-hybridized carbons (Fsp3) is 0.348. The number of rotatable bonds is 1. The summed E-state index contributed by atoms with van der Waals surface area (Å²) >= 11 is 1.71. The third-order valence-electron chi connectivity index (χ3n) is 6.29. The van der Waals surface area contributed by atoms with Crippen molar-refractivity contribution in [1.29, 1.82) is 5.41 Å². The molecular weight excluding hydrogens is 416 g/mol. The van der Waals surface area contributed by atoms with E-state index >= 15 is 0 Å². The van der Waals surface area contributed by atoms with Gasteiger partial charge in [0.15, 0.2) is 14.6 Å². The normalized spacial score (nSPS) is 27.9. The molecule has 2 atom stereocenters. The predicted octanol–water partition coefficient (Wildman–Crippen LogP) is 3.80. The molecule has 2 aliphatic heterocycles. The summed E-state index contributed by atoms with van der Waals surface area (Å²) in [6.07, 6.45) is 0.340. The summed E-state index contributed by atoms with van der Waals surface area (Å²) in [5.74, 6) is 6.03. The Kier molecular flexibility index (Phi) is 4.27. The van der Waals surface area contributed by atoms with Crippen LogP contribution in [0.3, 0.4) is 0 Å². The van der Waals surface area contributed by atoms with E-state index in [9.17, 15) is 8.42 Å². The van der Waals surface area contributed by atoms with Crippen LogP contribution in [0.1, 0.15) is 31.4 Å². The molecule has 30 heavy (non-hydrogen) atoms. The van der Waals surface area contributed by atoms with E-state index in [0.29, 0.717) is 13.0 Å². The number of thiophene rings is 1. The highest BCUT2D eigenvalue weighted by Gasteiger charge is 2.58. The first-order chi connectivity index (χ1) is 14.3. The van der Waals surface area contributed by atoms with Crippen LogP contribution in [0.25, 0.3) is 20.2 Å². The average molecular weight is 439 g/mol. The molecule has 0 bridgehead atoms. The van der Waals surface area contributed by atoms with Gasteiger partial charge in [-0.3, -0.25) is 5.41 Å².